The maximum absolute atomic E-state index is 12.0. The van der Waals surface area contributed by atoms with Crippen molar-refractivity contribution in [1.29, 1.82) is 0 Å². The van der Waals surface area contributed by atoms with E-state index in [9.17, 15) is 9.59 Å². The van der Waals surface area contributed by atoms with Crippen LogP contribution in [0.4, 0.5) is 5.69 Å². The number of rotatable bonds is 6. The average Bonchev–Trinajstić information content (AvgIpc) is 2.43. The Bertz CT molecular complexity index is 471. The highest BCUT2D eigenvalue weighted by molar-refractivity contribution is 7.80. The van der Waals surface area contributed by atoms with Crippen LogP contribution in [0.5, 0.6) is 11.5 Å². The standard InChI is InChI=1S/C13H18N2O4S/c1-8(16)14-12(7-20)13(17)15-9-4-10(18-2)6-11(5-9)19-3/h4-6,12,20H,7H2,1-3H3,(H,14,16)(H,15,17). The minimum Gasteiger partial charge on any atom is -0.497 e. The predicted molar refractivity (Wildman–Crippen MR) is 79.6 cm³/mol. The number of benzene rings is 1. The van der Waals surface area contributed by atoms with Crippen molar-refractivity contribution in [3.63, 3.8) is 0 Å². The normalized spacial score (nSPS) is 11.4. The van der Waals surface area contributed by atoms with E-state index in [4.69, 9.17) is 9.47 Å². The molecule has 0 spiro atoms. The van der Waals surface area contributed by atoms with Crippen LogP contribution in [0.1, 0.15) is 6.92 Å². The Hall–Kier alpha value is -1.89. The first-order valence-electron chi connectivity index (χ1n) is 5.92. The van der Waals surface area contributed by atoms with Crippen molar-refractivity contribution in [2.24, 2.45) is 0 Å². The van der Waals surface area contributed by atoms with Gasteiger partial charge in [0.15, 0.2) is 0 Å². The molecule has 0 saturated carbocycles. The maximum atomic E-state index is 12.0. The molecule has 7 heteroatoms. The van der Waals surface area contributed by atoms with E-state index in [0.717, 1.165) is 0 Å². The molecule has 0 fully saturated rings. The number of hydrogen-bond donors (Lipinski definition) is 3. The second kappa shape index (κ2) is 7.64. The summed E-state index contributed by atoms with van der Waals surface area (Å²) >= 11 is 4.05. The molecule has 0 saturated heterocycles. The van der Waals surface area contributed by atoms with Crippen LogP contribution in [-0.2, 0) is 9.59 Å². The zero-order valence-electron chi connectivity index (χ0n) is 11.6. The van der Waals surface area contributed by atoms with E-state index in [0.29, 0.717) is 17.2 Å². The molecular weight excluding hydrogens is 280 g/mol. The Morgan fingerprint density at radius 2 is 1.75 bits per heavy atom. The van der Waals surface area contributed by atoms with Gasteiger partial charge in [-0.15, -0.1) is 0 Å². The summed E-state index contributed by atoms with van der Waals surface area (Å²) in [6.07, 6.45) is 0. The van der Waals surface area contributed by atoms with Crippen molar-refractivity contribution in [3.8, 4) is 11.5 Å². The lowest BCUT2D eigenvalue weighted by Crippen LogP contribution is -2.44. The summed E-state index contributed by atoms with van der Waals surface area (Å²) < 4.78 is 10.2. The Labute approximate surface area is 123 Å². The van der Waals surface area contributed by atoms with Gasteiger partial charge in [0, 0.05) is 36.6 Å². The van der Waals surface area contributed by atoms with Gasteiger partial charge in [0.1, 0.15) is 17.5 Å². The molecule has 0 heterocycles. The van der Waals surface area contributed by atoms with Crippen LogP contribution in [0, 0.1) is 0 Å². The summed E-state index contributed by atoms with van der Waals surface area (Å²) in [5, 5.41) is 5.20. The van der Waals surface area contributed by atoms with E-state index in [-0.39, 0.29) is 17.6 Å². The van der Waals surface area contributed by atoms with Crippen molar-refractivity contribution >= 4 is 30.1 Å². The van der Waals surface area contributed by atoms with Crippen LogP contribution in [-0.4, -0.2) is 37.8 Å². The molecule has 1 aromatic carbocycles. The molecule has 0 aliphatic heterocycles. The Morgan fingerprint density at radius 3 is 2.15 bits per heavy atom. The first kappa shape index (κ1) is 16.2. The number of thiol groups is 1. The molecule has 1 atom stereocenters. The molecule has 1 aromatic rings. The van der Waals surface area contributed by atoms with E-state index in [1.165, 1.54) is 21.1 Å². The second-order valence-electron chi connectivity index (χ2n) is 4.03. The molecule has 1 unspecified atom stereocenters. The fourth-order valence-corrected chi connectivity index (χ4v) is 1.81. The minimum absolute atomic E-state index is 0.201. The van der Waals surface area contributed by atoms with Crippen LogP contribution in [0.25, 0.3) is 0 Å². The molecule has 0 aromatic heterocycles. The van der Waals surface area contributed by atoms with Crippen molar-refractivity contribution in [2.75, 3.05) is 25.3 Å². The van der Waals surface area contributed by atoms with Gasteiger partial charge >= 0.3 is 0 Å². The third kappa shape index (κ3) is 4.65. The first-order chi connectivity index (χ1) is 9.49. The van der Waals surface area contributed by atoms with Gasteiger partial charge in [-0.2, -0.15) is 12.6 Å². The SMILES string of the molecule is COc1cc(NC(=O)C(CS)NC(C)=O)cc(OC)c1. The fourth-order valence-electron chi connectivity index (χ4n) is 1.55. The molecule has 0 aliphatic carbocycles. The van der Waals surface area contributed by atoms with Gasteiger partial charge in [-0.3, -0.25) is 9.59 Å². The summed E-state index contributed by atoms with van der Waals surface area (Å²) in [5.41, 5.74) is 0.517. The molecule has 0 bridgehead atoms. The summed E-state index contributed by atoms with van der Waals surface area (Å²) in [5.74, 6) is 0.670. The summed E-state index contributed by atoms with van der Waals surface area (Å²) in [4.78, 5) is 23.0. The van der Waals surface area contributed by atoms with Gasteiger partial charge < -0.3 is 20.1 Å². The Kier molecular flexibility index (Phi) is 6.17. The van der Waals surface area contributed by atoms with Crippen molar-refractivity contribution < 1.29 is 19.1 Å². The van der Waals surface area contributed by atoms with E-state index in [1.807, 2.05) is 0 Å². The van der Waals surface area contributed by atoms with Crippen LogP contribution in [0.3, 0.4) is 0 Å². The van der Waals surface area contributed by atoms with Gasteiger partial charge in [-0.05, 0) is 0 Å². The minimum atomic E-state index is -0.701. The molecule has 0 radical (unpaired) electrons. The van der Waals surface area contributed by atoms with Crippen LogP contribution in [0.2, 0.25) is 0 Å². The number of hydrogen-bond acceptors (Lipinski definition) is 5. The maximum Gasteiger partial charge on any atom is 0.247 e. The Balaban J connectivity index is 2.85. The number of methoxy groups -OCH3 is 2. The lowest BCUT2D eigenvalue weighted by molar-refractivity contribution is -0.124. The predicted octanol–water partition coefficient (Wildman–Crippen LogP) is 1.08. The quantitative estimate of drug-likeness (QED) is 0.687. The van der Waals surface area contributed by atoms with Gasteiger partial charge in [-0.25, -0.2) is 0 Å². The number of amides is 2. The van der Waals surface area contributed by atoms with Crippen molar-refractivity contribution in [2.45, 2.75) is 13.0 Å². The second-order valence-corrected chi connectivity index (χ2v) is 4.39. The van der Waals surface area contributed by atoms with Crippen molar-refractivity contribution in [1.82, 2.24) is 5.32 Å². The average molecular weight is 298 g/mol. The number of anilines is 1. The molecule has 1 rings (SSSR count). The molecule has 6 nitrogen and oxygen atoms in total. The zero-order valence-corrected chi connectivity index (χ0v) is 12.5. The molecule has 20 heavy (non-hydrogen) atoms. The monoisotopic (exact) mass is 298 g/mol. The largest absolute Gasteiger partial charge is 0.497 e. The lowest BCUT2D eigenvalue weighted by Gasteiger charge is -2.16. The van der Waals surface area contributed by atoms with E-state index >= 15 is 0 Å². The Morgan fingerprint density at radius 1 is 1.20 bits per heavy atom. The fraction of sp³-hybridized carbons (Fsp3) is 0.385. The van der Waals surface area contributed by atoms with Crippen LogP contribution in [0.15, 0.2) is 18.2 Å². The van der Waals surface area contributed by atoms with Gasteiger partial charge in [-0.1, -0.05) is 0 Å². The van der Waals surface area contributed by atoms with Gasteiger partial charge in [0.05, 0.1) is 14.2 Å². The lowest BCUT2D eigenvalue weighted by atomic mass is 10.2. The van der Waals surface area contributed by atoms with Crippen molar-refractivity contribution in [3.05, 3.63) is 18.2 Å². The topological polar surface area (TPSA) is 76.7 Å². The van der Waals surface area contributed by atoms with E-state index in [1.54, 1.807) is 18.2 Å². The van der Waals surface area contributed by atoms with E-state index < -0.39 is 6.04 Å². The van der Waals surface area contributed by atoms with Crippen LogP contribution < -0.4 is 20.1 Å². The third-order valence-electron chi connectivity index (χ3n) is 2.50. The molecule has 0 aliphatic rings. The van der Waals surface area contributed by atoms with Gasteiger partial charge in [0.25, 0.3) is 0 Å². The smallest absolute Gasteiger partial charge is 0.247 e. The number of carbonyl (C=O) groups excluding carboxylic acids is 2. The molecule has 2 amide bonds. The number of ether oxygens (including phenoxy) is 2. The summed E-state index contributed by atoms with van der Waals surface area (Å²) in [6, 6.07) is 4.31. The first-order valence-corrected chi connectivity index (χ1v) is 6.55. The molecule has 110 valence electrons. The highest BCUT2D eigenvalue weighted by Gasteiger charge is 2.18. The highest BCUT2D eigenvalue weighted by atomic mass is 32.1. The highest BCUT2D eigenvalue weighted by Crippen LogP contribution is 2.25. The van der Waals surface area contributed by atoms with Gasteiger partial charge in [0.2, 0.25) is 11.8 Å². The zero-order chi connectivity index (χ0) is 15.1. The number of carbonyl (C=O) groups is 2. The van der Waals surface area contributed by atoms with Crippen LogP contribution >= 0.6 is 12.6 Å². The summed E-state index contributed by atoms with van der Waals surface area (Å²) in [7, 11) is 3.04. The number of nitrogens with one attached hydrogen (secondary N) is 2. The third-order valence-corrected chi connectivity index (χ3v) is 2.86. The molecule has 2 N–H and O–H groups in total. The van der Waals surface area contributed by atoms with E-state index in [2.05, 4.69) is 23.3 Å². The summed E-state index contributed by atoms with van der Waals surface area (Å²) in [6.45, 7) is 1.35. The molecular formula is C13H18N2O4S.